The number of rotatable bonds is 7. The molecule has 1 aromatic rings. The summed E-state index contributed by atoms with van der Waals surface area (Å²) in [6.45, 7) is 4.07. The molecule has 1 N–H and O–H groups in total. The molecule has 5 nitrogen and oxygen atoms in total. The van der Waals surface area contributed by atoms with Crippen LogP contribution < -0.4 is 5.32 Å². The van der Waals surface area contributed by atoms with Gasteiger partial charge < -0.3 is 10.2 Å². The SMILES string of the molecule is O=C(CN1CCN(C(=O)CC2CCCCC2)CC1)NCCc1ccc(Cl)cc1. The minimum Gasteiger partial charge on any atom is -0.355 e. The number of amides is 2. The molecule has 0 spiro atoms. The standard InChI is InChI=1S/C22H32ClN3O2/c23-20-8-6-18(7-9-20)10-11-24-21(27)17-25-12-14-26(15-13-25)22(28)16-19-4-2-1-3-5-19/h6-9,19H,1-5,10-17H2,(H,24,27). The number of hydrogen-bond acceptors (Lipinski definition) is 3. The van der Waals surface area contributed by atoms with E-state index in [1.807, 2.05) is 29.2 Å². The fraction of sp³-hybridized carbons (Fsp3) is 0.636. The summed E-state index contributed by atoms with van der Waals surface area (Å²) in [6.07, 6.45) is 7.81. The van der Waals surface area contributed by atoms with Gasteiger partial charge in [0, 0.05) is 44.2 Å². The third-order valence-corrected chi connectivity index (χ3v) is 6.18. The smallest absolute Gasteiger partial charge is 0.234 e. The molecule has 28 heavy (non-hydrogen) atoms. The van der Waals surface area contributed by atoms with E-state index >= 15 is 0 Å². The molecule has 0 bridgehead atoms. The predicted octanol–water partition coefficient (Wildman–Crippen LogP) is 3.11. The molecule has 0 atom stereocenters. The Morgan fingerprint density at radius 3 is 2.36 bits per heavy atom. The molecule has 1 aliphatic carbocycles. The highest BCUT2D eigenvalue weighted by Gasteiger charge is 2.25. The maximum Gasteiger partial charge on any atom is 0.234 e. The van der Waals surface area contributed by atoms with E-state index in [4.69, 9.17) is 11.6 Å². The van der Waals surface area contributed by atoms with Crippen molar-refractivity contribution in [1.29, 1.82) is 0 Å². The van der Waals surface area contributed by atoms with Crippen LogP contribution in [0.4, 0.5) is 0 Å². The zero-order valence-corrected chi connectivity index (χ0v) is 17.4. The first-order valence-corrected chi connectivity index (χ1v) is 11.0. The van der Waals surface area contributed by atoms with Crippen LogP contribution in [0.2, 0.25) is 5.02 Å². The van der Waals surface area contributed by atoms with E-state index in [0.29, 0.717) is 31.3 Å². The summed E-state index contributed by atoms with van der Waals surface area (Å²) in [5.41, 5.74) is 1.16. The number of carbonyl (C=O) groups excluding carboxylic acids is 2. The zero-order chi connectivity index (χ0) is 19.8. The van der Waals surface area contributed by atoms with Crippen molar-refractivity contribution in [3.8, 4) is 0 Å². The van der Waals surface area contributed by atoms with Crippen molar-refractivity contribution in [3.63, 3.8) is 0 Å². The lowest BCUT2D eigenvalue weighted by Gasteiger charge is -2.35. The van der Waals surface area contributed by atoms with Gasteiger partial charge in [0.1, 0.15) is 0 Å². The van der Waals surface area contributed by atoms with Crippen LogP contribution in [-0.2, 0) is 16.0 Å². The van der Waals surface area contributed by atoms with Gasteiger partial charge in [0.15, 0.2) is 0 Å². The van der Waals surface area contributed by atoms with Crippen LogP contribution in [0, 0.1) is 5.92 Å². The van der Waals surface area contributed by atoms with E-state index in [0.717, 1.165) is 43.2 Å². The van der Waals surface area contributed by atoms with Gasteiger partial charge in [-0.15, -0.1) is 0 Å². The highest BCUT2D eigenvalue weighted by Crippen LogP contribution is 2.27. The molecule has 1 saturated carbocycles. The number of hydrogen-bond donors (Lipinski definition) is 1. The Morgan fingerprint density at radius 2 is 1.68 bits per heavy atom. The van der Waals surface area contributed by atoms with E-state index in [1.165, 1.54) is 32.1 Å². The molecule has 2 fully saturated rings. The van der Waals surface area contributed by atoms with Crippen molar-refractivity contribution in [2.45, 2.75) is 44.9 Å². The molecule has 1 aromatic carbocycles. The number of halogens is 1. The summed E-state index contributed by atoms with van der Waals surface area (Å²) in [4.78, 5) is 28.8. The van der Waals surface area contributed by atoms with Crippen LogP contribution in [0.25, 0.3) is 0 Å². The van der Waals surface area contributed by atoms with Gasteiger partial charge in [-0.05, 0) is 42.9 Å². The van der Waals surface area contributed by atoms with Crippen LogP contribution >= 0.6 is 11.6 Å². The lowest BCUT2D eigenvalue weighted by molar-refractivity contribution is -0.134. The molecule has 1 heterocycles. The summed E-state index contributed by atoms with van der Waals surface area (Å²) in [5.74, 6) is 0.945. The molecule has 2 aliphatic rings. The molecule has 1 saturated heterocycles. The summed E-state index contributed by atoms with van der Waals surface area (Å²) in [7, 11) is 0. The first kappa shape index (κ1) is 21.1. The summed E-state index contributed by atoms with van der Waals surface area (Å²) >= 11 is 5.88. The van der Waals surface area contributed by atoms with Crippen molar-refractivity contribution in [1.82, 2.24) is 15.1 Å². The Morgan fingerprint density at radius 1 is 1.00 bits per heavy atom. The number of nitrogens with zero attached hydrogens (tertiary/aromatic N) is 2. The fourth-order valence-electron chi connectivity index (χ4n) is 4.18. The van der Waals surface area contributed by atoms with Gasteiger partial charge in [0.05, 0.1) is 6.54 Å². The van der Waals surface area contributed by atoms with Gasteiger partial charge in [0.2, 0.25) is 11.8 Å². The predicted molar refractivity (Wildman–Crippen MR) is 112 cm³/mol. The molecule has 6 heteroatoms. The first-order chi connectivity index (χ1) is 13.6. The summed E-state index contributed by atoms with van der Waals surface area (Å²) in [5, 5.41) is 3.71. The van der Waals surface area contributed by atoms with Crippen molar-refractivity contribution in [2.75, 3.05) is 39.3 Å². The summed E-state index contributed by atoms with van der Waals surface area (Å²) in [6, 6.07) is 7.71. The molecule has 2 amide bonds. The van der Waals surface area contributed by atoms with Gasteiger partial charge in [0.25, 0.3) is 0 Å². The highest BCUT2D eigenvalue weighted by molar-refractivity contribution is 6.30. The van der Waals surface area contributed by atoms with E-state index in [9.17, 15) is 9.59 Å². The van der Waals surface area contributed by atoms with Gasteiger partial charge >= 0.3 is 0 Å². The van der Waals surface area contributed by atoms with E-state index < -0.39 is 0 Å². The molecule has 0 aromatic heterocycles. The maximum absolute atomic E-state index is 12.5. The minimum atomic E-state index is 0.0518. The van der Waals surface area contributed by atoms with Crippen LogP contribution in [0.5, 0.6) is 0 Å². The number of nitrogens with one attached hydrogen (secondary N) is 1. The molecule has 1 aliphatic heterocycles. The number of carbonyl (C=O) groups is 2. The van der Waals surface area contributed by atoms with Gasteiger partial charge in [-0.1, -0.05) is 43.0 Å². The Kier molecular flexibility index (Phi) is 8.16. The van der Waals surface area contributed by atoms with E-state index in [1.54, 1.807) is 0 Å². The molecule has 3 rings (SSSR count). The van der Waals surface area contributed by atoms with Crippen molar-refractivity contribution in [2.24, 2.45) is 5.92 Å². The second-order valence-electron chi connectivity index (χ2n) is 8.09. The normalized spacial score (nSPS) is 18.8. The van der Waals surface area contributed by atoms with Crippen LogP contribution in [0.3, 0.4) is 0 Å². The molecular formula is C22H32ClN3O2. The Labute approximate surface area is 173 Å². The maximum atomic E-state index is 12.5. The number of benzene rings is 1. The van der Waals surface area contributed by atoms with E-state index in [2.05, 4.69) is 10.2 Å². The largest absolute Gasteiger partial charge is 0.355 e. The average Bonchev–Trinajstić information content (AvgIpc) is 2.71. The first-order valence-electron chi connectivity index (χ1n) is 10.6. The lowest BCUT2D eigenvalue weighted by Crippen LogP contribution is -2.51. The van der Waals surface area contributed by atoms with Crippen molar-refractivity contribution >= 4 is 23.4 Å². The third-order valence-electron chi connectivity index (χ3n) is 5.93. The second-order valence-corrected chi connectivity index (χ2v) is 8.53. The average molecular weight is 406 g/mol. The van der Waals surface area contributed by atoms with Gasteiger partial charge in [-0.2, -0.15) is 0 Å². The molecule has 0 unspecified atom stereocenters. The Balaban J connectivity index is 1.30. The highest BCUT2D eigenvalue weighted by atomic mass is 35.5. The Bertz CT molecular complexity index is 636. The molecule has 0 radical (unpaired) electrons. The van der Waals surface area contributed by atoms with Crippen LogP contribution in [0.1, 0.15) is 44.1 Å². The second kappa shape index (κ2) is 10.8. The van der Waals surface area contributed by atoms with Crippen molar-refractivity contribution in [3.05, 3.63) is 34.9 Å². The Hall–Kier alpha value is -1.59. The molecular weight excluding hydrogens is 374 g/mol. The monoisotopic (exact) mass is 405 g/mol. The topological polar surface area (TPSA) is 52.7 Å². The fourth-order valence-corrected chi connectivity index (χ4v) is 4.31. The minimum absolute atomic E-state index is 0.0518. The van der Waals surface area contributed by atoms with Crippen molar-refractivity contribution < 1.29 is 9.59 Å². The van der Waals surface area contributed by atoms with Crippen LogP contribution in [-0.4, -0.2) is 60.9 Å². The molecule has 154 valence electrons. The lowest BCUT2D eigenvalue weighted by atomic mass is 9.86. The number of piperazine rings is 1. The van der Waals surface area contributed by atoms with Gasteiger partial charge in [-0.25, -0.2) is 0 Å². The quantitative estimate of drug-likeness (QED) is 0.758. The summed E-state index contributed by atoms with van der Waals surface area (Å²) < 4.78 is 0. The van der Waals surface area contributed by atoms with Gasteiger partial charge in [-0.3, -0.25) is 14.5 Å². The van der Waals surface area contributed by atoms with Crippen LogP contribution in [0.15, 0.2) is 24.3 Å². The zero-order valence-electron chi connectivity index (χ0n) is 16.7. The third kappa shape index (κ3) is 6.78. The van der Waals surface area contributed by atoms with E-state index in [-0.39, 0.29) is 5.91 Å².